The van der Waals surface area contributed by atoms with Crippen molar-refractivity contribution in [3.63, 3.8) is 0 Å². The lowest BCUT2D eigenvalue weighted by Crippen LogP contribution is -2.52. The van der Waals surface area contributed by atoms with Crippen LogP contribution in [0.2, 0.25) is 0 Å². The van der Waals surface area contributed by atoms with Gasteiger partial charge in [-0.3, -0.25) is 39.8 Å². The molecule has 12 nitrogen and oxygen atoms in total. The Bertz CT molecular complexity index is 991. The second-order valence-electron chi connectivity index (χ2n) is 10.2. The number of thioether (sulfide) groups is 2. The van der Waals surface area contributed by atoms with Gasteiger partial charge in [0.1, 0.15) is 8.64 Å². The number of nitrogens with zero attached hydrogens (tertiary/aromatic N) is 6. The summed E-state index contributed by atoms with van der Waals surface area (Å²) in [7, 11) is 4.10. The Morgan fingerprint density at radius 3 is 1.38 bits per heavy atom. The molecule has 40 heavy (non-hydrogen) atoms. The number of carbonyl (C=O) groups excluding carboxylic acids is 4. The fourth-order valence-electron chi connectivity index (χ4n) is 4.55. The Balaban J connectivity index is 1.22. The molecular weight excluding hydrogens is 593 g/mol. The summed E-state index contributed by atoms with van der Waals surface area (Å²) < 4.78 is 0.732. The summed E-state index contributed by atoms with van der Waals surface area (Å²) in [4.78, 5) is 58.9. The predicted octanol–water partition coefficient (Wildman–Crippen LogP) is 0.0362. The minimum absolute atomic E-state index is 0.0897. The average molecular weight is 629 g/mol. The van der Waals surface area contributed by atoms with E-state index in [2.05, 4.69) is 34.7 Å². The number of piperazine rings is 2. The zero-order chi connectivity index (χ0) is 28.8. The van der Waals surface area contributed by atoms with E-state index in [9.17, 15) is 19.2 Å². The highest BCUT2D eigenvalue weighted by Crippen LogP contribution is 2.42. The Morgan fingerprint density at radius 2 is 1.02 bits per heavy atom. The maximum Gasteiger partial charge on any atom is 0.267 e. The van der Waals surface area contributed by atoms with Crippen molar-refractivity contribution in [2.45, 2.75) is 25.7 Å². The molecule has 0 radical (unpaired) electrons. The van der Waals surface area contributed by atoms with E-state index in [0.29, 0.717) is 34.6 Å². The van der Waals surface area contributed by atoms with Crippen molar-refractivity contribution < 1.29 is 19.2 Å². The van der Waals surface area contributed by atoms with Crippen LogP contribution in [0.15, 0.2) is 9.81 Å². The van der Waals surface area contributed by atoms with Gasteiger partial charge in [0.2, 0.25) is 11.8 Å². The molecule has 0 aromatic heterocycles. The van der Waals surface area contributed by atoms with Crippen molar-refractivity contribution in [1.82, 2.24) is 40.5 Å². The molecular formula is C24H36N8O4S4. The van der Waals surface area contributed by atoms with Crippen LogP contribution in [-0.2, 0) is 19.2 Å². The maximum absolute atomic E-state index is 13.2. The Morgan fingerprint density at radius 1 is 0.675 bits per heavy atom. The van der Waals surface area contributed by atoms with E-state index in [0.717, 1.165) is 75.9 Å². The number of hydrogen-bond donors (Lipinski definition) is 2. The molecule has 0 saturated carbocycles. The van der Waals surface area contributed by atoms with Crippen LogP contribution in [0.4, 0.5) is 0 Å². The van der Waals surface area contributed by atoms with Crippen LogP contribution in [0.3, 0.4) is 0 Å². The number of nitrogens with one attached hydrogen (secondary N) is 2. The van der Waals surface area contributed by atoms with Crippen LogP contribution < -0.4 is 10.9 Å². The van der Waals surface area contributed by atoms with E-state index in [1.807, 2.05) is 10.0 Å². The molecule has 0 aromatic carbocycles. The van der Waals surface area contributed by atoms with E-state index in [1.54, 1.807) is 0 Å². The molecule has 0 spiro atoms. The highest BCUT2D eigenvalue weighted by Gasteiger charge is 2.41. The van der Waals surface area contributed by atoms with Crippen LogP contribution in [0.5, 0.6) is 0 Å². The molecule has 4 fully saturated rings. The summed E-state index contributed by atoms with van der Waals surface area (Å²) in [6, 6.07) is 0. The SMILES string of the molecule is CN1CCN(NC(=O)CCCN2C(=O)C(=C3SC(=S)N(CCCC(=O)NN4CCN(C)CC4)C3=O)SC2=S)CC1. The van der Waals surface area contributed by atoms with Crippen LogP contribution in [-0.4, -0.2) is 141 Å². The zero-order valence-electron chi connectivity index (χ0n) is 22.8. The maximum atomic E-state index is 13.2. The first-order valence-corrected chi connectivity index (χ1v) is 15.8. The van der Waals surface area contributed by atoms with Gasteiger partial charge in [-0.25, -0.2) is 10.0 Å². The Labute approximate surface area is 254 Å². The van der Waals surface area contributed by atoms with Crippen LogP contribution in [0.25, 0.3) is 0 Å². The largest absolute Gasteiger partial charge is 0.304 e. The Kier molecular flexibility index (Phi) is 11.3. The molecule has 16 heteroatoms. The smallest absolute Gasteiger partial charge is 0.267 e. The van der Waals surface area contributed by atoms with Gasteiger partial charge in [-0.15, -0.1) is 0 Å². The first-order chi connectivity index (χ1) is 19.1. The predicted molar refractivity (Wildman–Crippen MR) is 164 cm³/mol. The third-order valence-electron chi connectivity index (χ3n) is 7.05. The summed E-state index contributed by atoms with van der Waals surface area (Å²) in [6.45, 7) is 7.30. The van der Waals surface area contributed by atoms with Gasteiger partial charge in [0, 0.05) is 78.3 Å². The van der Waals surface area contributed by atoms with E-state index in [-0.39, 0.29) is 46.3 Å². The van der Waals surface area contributed by atoms with Gasteiger partial charge < -0.3 is 9.80 Å². The lowest BCUT2D eigenvalue weighted by atomic mass is 10.2. The standard InChI is InChI=1S/C24H36N8O4S4/c1-27-9-13-29(14-10-27)25-17(33)5-3-7-31-21(35)19(39-23(31)37)20-22(36)32(24(38)40-20)8-4-6-18(34)26-30-15-11-28(2)12-16-30/h3-16H2,1-2H3,(H,25,33)(H,26,34). The molecule has 2 N–H and O–H groups in total. The van der Waals surface area contributed by atoms with Gasteiger partial charge >= 0.3 is 0 Å². The van der Waals surface area contributed by atoms with Gasteiger partial charge in [-0.1, -0.05) is 48.0 Å². The van der Waals surface area contributed by atoms with Crippen molar-refractivity contribution in [1.29, 1.82) is 0 Å². The van der Waals surface area contributed by atoms with Crippen molar-refractivity contribution in [2.75, 3.05) is 79.5 Å². The third-order valence-corrected chi connectivity index (χ3v) is 10.1. The molecule has 0 bridgehead atoms. The fraction of sp³-hybridized carbons (Fsp3) is 0.667. The summed E-state index contributed by atoms with van der Waals surface area (Å²) >= 11 is 13.0. The minimum Gasteiger partial charge on any atom is -0.304 e. The summed E-state index contributed by atoms with van der Waals surface area (Å²) in [5.74, 6) is -0.843. The number of hydrazine groups is 2. The number of amides is 4. The number of rotatable bonds is 10. The van der Waals surface area contributed by atoms with Crippen LogP contribution in [0.1, 0.15) is 25.7 Å². The molecule has 4 aliphatic rings. The van der Waals surface area contributed by atoms with Crippen molar-refractivity contribution in [3.05, 3.63) is 9.81 Å². The van der Waals surface area contributed by atoms with Gasteiger partial charge in [-0.2, -0.15) is 0 Å². The third kappa shape index (κ3) is 8.21. The number of hydrogen-bond acceptors (Lipinski definition) is 12. The molecule has 0 aromatic rings. The summed E-state index contributed by atoms with van der Waals surface area (Å²) in [6.07, 6.45) is 1.44. The van der Waals surface area contributed by atoms with Crippen molar-refractivity contribution >= 4 is 80.2 Å². The van der Waals surface area contributed by atoms with Gasteiger partial charge in [0.15, 0.2) is 0 Å². The van der Waals surface area contributed by atoms with E-state index in [1.165, 1.54) is 9.80 Å². The van der Waals surface area contributed by atoms with Gasteiger partial charge in [0.05, 0.1) is 9.81 Å². The first-order valence-electron chi connectivity index (χ1n) is 13.4. The van der Waals surface area contributed by atoms with Gasteiger partial charge in [-0.05, 0) is 26.9 Å². The molecule has 4 heterocycles. The zero-order valence-corrected chi connectivity index (χ0v) is 26.1. The lowest BCUT2D eigenvalue weighted by Gasteiger charge is -2.32. The summed E-state index contributed by atoms with van der Waals surface area (Å²) in [5, 5.41) is 3.84. The second kappa shape index (κ2) is 14.5. The molecule has 4 amide bonds. The molecule has 0 aliphatic carbocycles. The van der Waals surface area contributed by atoms with E-state index < -0.39 is 0 Å². The highest BCUT2D eigenvalue weighted by atomic mass is 32.2. The Hall–Kier alpha value is -1.66. The van der Waals surface area contributed by atoms with E-state index >= 15 is 0 Å². The summed E-state index contributed by atoms with van der Waals surface area (Å²) in [5.41, 5.74) is 5.84. The minimum atomic E-state index is -0.332. The monoisotopic (exact) mass is 628 g/mol. The molecule has 0 atom stereocenters. The quantitative estimate of drug-likeness (QED) is 0.252. The topological polar surface area (TPSA) is 112 Å². The normalized spacial score (nSPS) is 23.9. The number of carbonyl (C=O) groups is 4. The van der Waals surface area contributed by atoms with Gasteiger partial charge in [0.25, 0.3) is 11.8 Å². The molecule has 220 valence electrons. The number of thiocarbonyl (C=S) groups is 2. The molecule has 4 saturated heterocycles. The number of likely N-dealkylation sites (N-methyl/N-ethyl adjacent to an activating group) is 2. The highest BCUT2D eigenvalue weighted by molar-refractivity contribution is 8.29. The average Bonchev–Trinajstić information content (AvgIpc) is 3.35. The second-order valence-corrected chi connectivity index (χ2v) is 13.5. The first kappa shape index (κ1) is 31.3. The fourth-order valence-corrected chi connectivity index (χ4v) is 7.32. The molecule has 0 unspecified atom stereocenters. The van der Waals surface area contributed by atoms with E-state index in [4.69, 9.17) is 24.4 Å². The van der Waals surface area contributed by atoms with Crippen LogP contribution >= 0.6 is 48.0 Å². The lowest BCUT2D eigenvalue weighted by molar-refractivity contribution is -0.128. The molecule has 4 aliphatic heterocycles. The molecule has 4 rings (SSSR count). The van der Waals surface area contributed by atoms with Crippen molar-refractivity contribution in [2.24, 2.45) is 0 Å². The van der Waals surface area contributed by atoms with Crippen molar-refractivity contribution in [3.8, 4) is 0 Å². The van der Waals surface area contributed by atoms with Crippen LogP contribution in [0, 0.1) is 0 Å².